The molecule has 0 amide bonds. The molecule has 2 aromatic carbocycles. The highest BCUT2D eigenvalue weighted by Crippen LogP contribution is 2.22. The lowest BCUT2D eigenvalue weighted by atomic mass is 10.0. The van der Waals surface area contributed by atoms with Gasteiger partial charge in [0.25, 0.3) is 0 Å². The predicted octanol–water partition coefficient (Wildman–Crippen LogP) is 6.25. The molecular weight excluding hydrogens is 526 g/mol. The van der Waals surface area contributed by atoms with Crippen molar-refractivity contribution in [2.75, 3.05) is 11.9 Å². The average Bonchev–Trinajstić information content (AvgIpc) is 3.35. The summed E-state index contributed by atoms with van der Waals surface area (Å²) in [6.07, 6.45) is 4.34. The van der Waals surface area contributed by atoms with Crippen molar-refractivity contribution in [3.63, 3.8) is 0 Å². The van der Waals surface area contributed by atoms with Crippen molar-refractivity contribution in [3.05, 3.63) is 121 Å². The Morgan fingerprint density at radius 3 is 2.40 bits per heavy atom. The van der Waals surface area contributed by atoms with Crippen LogP contribution in [0.3, 0.4) is 0 Å². The number of rotatable bonds is 16. The molecule has 0 aliphatic carbocycles. The Bertz CT molecular complexity index is 1370. The lowest BCUT2D eigenvalue weighted by molar-refractivity contribution is -0.109. The summed E-state index contributed by atoms with van der Waals surface area (Å²) in [7, 11) is 0. The molecule has 0 bridgehead atoms. The second-order valence-corrected chi connectivity index (χ2v) is 11.9. The van der Waals surface area contributed by atoms with Crippen LogP contribution in [0.1, 0.15) is 57.4 Å². The molecule has 1 aromatic heterocycles. The summed E-state index contributed by atoms with van der Waals surface area (Å²) in [4.78, 5) is 16.5. The van der Waals surface area contributed by atoms with Crippen molar-refractivity contribution >= 4 is 12.1 Å². The van der Waals surface area contributed by atoms with Crippen LogP contribution in [0.2, 0.25) is 0 Å². The first-order chi connectivity index (χ1) is 19.8. The number of aldehydes is 1. The normalized spacial score (nSPS) is 13.0. The van der Waals surface area contributed by atoms with E-state index in [2.05, 4.69) is 40.7 Å². The quantitative estimate of drug-likeness (QED) is 0.138. The fourth-order valence-corrected chi connectivity index (χ4v) is 4.29. The summed E-state index contributed by atoms with van der Waals surface area (Å²) in [5.41, 5.74) is 3.39. The summed E-state index contributed by atoms with van der Waals surface area (Å²) >= 11 is 0. The van der Waals surface area contributed by atoms with Crippen LogP contribution in [0.25, 0.3) is 0 Å². The maximum Gasteiger partial charge on any atom is 0.180 e. The molecule has 8 heteroatoms. The predicted molar refractivity (Wildman–Crippen MR) is 170 cm³/mol. The van der Waals surface area contributed by atoms with Crippen LogP contribution in [0.15, 0.2) is 104 Å². The largest absolute Gasteiger partial charge is 0.474 e. The minimum absolute atomic E-state index is 0.316. The van der Waals surface area contributed by atoms with Gasteiger partial charge in [0, 0.05) is 17.6 Å². The van der Waals surface area contributed by atoms with Crippen LogP contribution in [0, 0.1) is 6.92 Å². The maximum absolute atomic E-state index is 12.0. The van der Waals surface area contributed by atoms with Crippen LogP contribution in [0.5, 0.6) is 0 Å². The van der Waals surface area contributed by atoms with Gasteiger partial charge >= 0.3 is 0 Å². The van der Waals surface area contributed by atoms with Gasteiger partial charge in [-0.2, -0.15) is 0 Å². The summed E-state index contributed by atoms with van der Waals surface area (Å²) in [5, 5.41) is 10.1. The smallest absolute Gasteiger partial charge is 0.180 e. The Labute approximate surface area is 250 Å². The summed E-state index contributed by atoms with van der Waals surface area (Å²) in [6.45, 7) is 25.3. The molecule has 0 fully saturated rings. The molecular formula is C34H45N5O3. The van der Waals surface area contributed by atoms with E-state index in [0.29, 0.717) is 36.3 Å². The van der Waals surface area contributed by atoms with Gasteiger partial charge in [0.15, 0.2) is 5.88 Å². The van der Waals surface area contributed by atoms with Crippen LogP contribution in [0.4, 0.5) is 5.82 Å². The molecule has 0 saturated carbocycles. The SMILES string of the molecule is C=C(NC(C)(C)C(=C)NC(COCc1ccccc1)C(=C)Nc1cn(C(C=O)c2cccc(C)c2)cn1)OC(C)(C)C. The number of carbonyl (C=O) groups is 1. The van der Waals surface area contributed by atoms with Gasteiger partial charge in [-0.3, -0.25) is 0 Å². The highest BCUT2D eigenvalue weighted by Gasteiger charge is 2.27. The van der Waals surface area contributed by atoms with E-state index in [-0.39, 0.29) is 11.6 Å². The number of carbonyl (C=O) groups excluding carboxylic acids is 1. The Kier molecular flexibility index (Phi) is 10.8. The Morgan fingerprint density at radius 2 is 1.76 bits per heavy atom. The first-order valence-corrected chi connectivity index (χ1v) is 14.0. The van der Waals surface area contributed by atoms with Gasteiger partial charge in [0.05, 0.1) is 31.1 Å². The van der Waals surface area contributed by atoms with E-state index < -0.39 is 11.6 Å². The maximum atomic E-state index is 12.0. The summed E-state index contributed by atoms with van der Waals surface area (Å²) < 4.78 is 13.7. The fraction of sp³-hybridized carbons (Fsp3) is 0.353. The molecule has 8 nitrogen and oxygen atoms in total. The van der Waals surface area contributed by atoms with E-state index in [4.69, 9.17) is 9.47 Å². The number of hydrogen-bond donors (Lipinski definition) is 3. The highest BCUT2D eigenvalue weighted by molar-refractivity contribution is 5.62. The third kappa shape index (κ3) is 9.66. The number of aromatic nitrogens is 2. The van der Waals surface area contributed by atoms with Crippen LogP contribution in [-0.4, -0.2) is 39.6 Å². The van der Waals surface area contributed by atoms with Gasteiger partial charge in [0.1, 0.15) is 23.7 Å². The zero-order valence-electron chi connectivity index (χ0n) is 25.7. The number of benzene rings is 2. The van der Waals surface area contributed by atoms with Gasteiger partial charge in [-0.15, -0.1) is 0 Å². The molecule has 2 atom stereocenters. The van der Waals surface area contributed by atoms with Gasteiger partial charge in [-0.1, -0.05) is 73.3 Å². The number of anilines is 1. The Morgan fingerprint density at radius 1 is 1.05 bits per heavy atom. The van der Waals surface area contributed by atoms with Crippen molar-refractivity contribution in [2.24, 2.45) is 0 Å². The first kappa shape index (κ1) is 32.2. The van der Waals surface area contributed by atoms with E-state index in [1.165, 1.54) is 0 Å². The van der Waals surface area contributed by atoms with E-state index in [1.807, 2.05) is 96.1 Å². The van der Waals surface area contributed by atoms with Gasteiger partial charge < -0.3 is 34.8 Å². The van der Waals surface area contributed by atoms with Crippen molar-refractivity contribution < 1.29 is 14.3 Å². The molecule has 0 aliphatic rings. The Hall–Kier alpha value is -4.30. The van der Waals surface area contributed by atoms with Crippen LogP contribution in [-0.2, 0) is 20.9 Å². The highest BCUT2D eigenvalue weighted by atomic mass is 16.5. The monoisotopic (exact) mass is 571 g/mol. The van der Waals surface area contributed by atoms with Gasteiger partial charge in [-0.25, -0.2) is 4.98 Å². The minimum atomic E-state index is -0.604. The number of aryl methyl sites for hydroxylation is 1. The molecule has 42 heavy (non-hydrogen) atoms. The number of ether oxygens (including phenoxy) is 2. The molecule has 2 unspecified atom stereocenters. The molecule has 3 aromatic rings. The molecule has 3 N–H and O–H groups in total. The second kappa shape index (κ2) is 14.0. The third-order valence-electron chi connectivity index (χ3n) is 6.52. The van der Waals surface area contributed by atoms with E-state index >= 15 is 0 Å². The number of nitrogens with zero attached hydrogens (tertiary/aromatic N) is 2. The van der Waals surface area contributed by atoms with Crippen molar-refractivity contribution in [2.45, 2.75) is 71.4 Å². The molecule has 0 saturated heterocycles. The topological polar surface area (TPSA) is 89.4 Å². The Balaban J connectivity index is 1.73. The zero-order chi connectivity index (χ0) is 30.9. The van der Waals surface area contributed by atoms with E-state index in [1.54, 1.807) is 17.1 Å². The van der Waals surface area contributed by atoms with E-state index in [9.17, 15) is 4.79 Å². The molecule has 0 spiro atoms. The second-order valence-electron chi connectivity index (χ2n) is 11.9. The number of hydrogen-bond acceptors (Lipinski definition) is 7. The fourth-order valence-electron chi connectivity index (χ4n) is 4.29. The van der Waals surface area contributed by atoms with E-state index in [0.717, 1.165) is 23.0 Å². The van der Waals surface area contributed by atoms with Gasteiger partial charge in [0.2, 0.25) is 0 Å². The number of nitrogens with one attached hydrogen (secondary N) is 3. The van der Waals surface area contributed by atoms with Crippen LogP contribution < -0.4 is 16.0 Å². The van der Waals surface area contributed by atoms with Crippen molar-refractivity contribution in [1.29, 1.82) is 0 Å². The number of imidazole rings is 1. The minimum Gasteiger partial charge on any atom is -0.474 e. The molecule has 224 valence electrons. The van der Waals surface area contributed by atoms with Gasteiger partial charge in [-0.05, 0) is 59.2 Å². The molecule has 0 radical (unpaired) electrons. The third-order valence-corrected chi connectivity index (χ3v) is 6.52. The zero-order valence-corrected chi connectivity index (χ0v) is 25.7. The lowest BCUT2D eigenvalue weighted by Gasteiger charge is -2.35. The summed E-state index contributed by atoms with van der Waals surface area (Å²) in [6, 6.07) is 17.0. The standard InChI is InChI=1S/C34H45N5O3/c1-24-14-13-17-29(18-24)31(20-40)39-19-32(35-23-39)36-25(2)30(22-41-21-28-15-11-10-12-16-28)37-26(3)34(8,9)38-27(4)42-33(5,6)7/h10-20,23,30-31,36-38H,2-4,21-22H2,1,5-9H3. The van der Waals surface area contributed by atoms with Crippen molar-refractivity contribution in [3.8, 4) is 0 Å². The average molecular weight is 572 g/mol. The van der Waals surface area contributed by atoms with Crippen LogP contribution >= 0.6 is 0 Å². The first-order valence-electron chi connectivity index (χ1n) is 14.0. The summed E-state index contributed by atoms with van der Waals surface area (Å²) in [5.74, 6) is 1.01. The lowest BCUT2D eigenvalue weighted by Crippen LogP contribution is -2.49. The molecule has 0 aliphatic heterocycles. The molecule has 1 heterocycles. The molecule has 3 rings (SSSR count). The van der Waals surface area contributed by atoms with Crippen molar-refractivity contribution in [1.82, 2.24) is 20.2 Å².